The summed E-state index contributed by atoms with van der Waals surface area (Å²) in [7, 11) is 0. The smallest absolute Gasteiger partial charge is 0.125 e. The first kappa shape index (κ1) is 13.9. The predicted molar refractivity (Wildman–Crippen MR) is 69.7 cm³/mol. The molecule has 0 N–H and O–H groups in total. The molecule has 94 valence electrons. The van der Waals surface area contributed by atoms with Gasteiger partial charge in [0.05, 0.1) is 13.2 Å². The van der Waals surface area contributed by atoms with Crippen LogP contribution in [0, 0.1) is 11.8 Å². The molecule has 17 heavy (non-hydrogen) atoms. The lowest BCUT2D eigenvalue weighted by molar-refractivity contribution is -0.113. The second-order valence-corrected chi connectivity index (χ2v) is 4.87. The van der Waals surface area contributed by atoms with Gasteiger partial charge >= 0.3 is 0 Å². The van der Waals surface area contributed by atoms with Crippen molar-refractivity contribution in [3.8, 4) is 0 Å². The van der Waals surface area contributed by atoms with Gasteiger partial charge in [0.25, 0.3) is 0 Å². The maximum atomic E-state index is 10.9. The Morgan fingerprint density at radius 3 is 2.47 bits per heavy atom. The van der Waals surface area contributed by atoms with E-state index >= 15 is 0 Å². The molecule has 0 aromatic heterocycles. The lowest BCUT2D eigenvalue weighted by Crippen LogP contribution is -2.12. The number of ether oxygens (including phenoxy) is 1. The maximum Gasteiger partial charge on any atom is 0.125 e. The maximum absolute atomic E-state index is 10.9. The molecule has 1 rings (SSSR count). The zero-order valence-corrected chi connectivity index (χ0v) is 10.8. The van der Waals surface area contributed by atoms with Crippen molar-refractivity contribution in [3.63, 3.8) is 0 Å². The molecule has 0 amide bonds. The molecule has 0 fully saturated rings. The number of carbonyl (C=O) groups is 1. The summed E-state index contributed by atoms with van der Waals surface area (Å²) in [6.07, 6.45) is 3.03. The summed E-state index contributed by atoms with van der Waals surface area (Å²) in [5, 5.41) is 0. The number of hydrogen-bond donors (Lipinski definition) is 0. The minimum absolute atomic E-state index is 0.0427. The molecule has 1 aromatic carbocycles. The third kappa shape index (κ3) is 6.22. The van der Waals surface area contributed by atoms with Gasteiger partial charge < -0.3 is 9.53 Å². The summed E-state index contributed by atoms with van der Waals surface area (Å²) in [5.74, 6) is 0.688. The summed E-state index contributed by atoms with van der Waals surface area (Å²) in [6.45, 7) is 5.47. The molecule has 0 bridgehead atoms. The number of hydrogen-bond acceptors (Lipinski definition) is 2. The van der Waals surface area contributed by atoms with Crippen molar-refractivity contribution in [2.45, 2.75) is 33.3 Å². The molecule has 0 aliphatic rings. The predicted octanol–water partition coefficient (Wildman–Crippen LogP) is 3.45. The lowest BCUT2D eigenvalue weighted by Gasteiger charge is -2.12. The lowest BCUT2D eigenvalue weighted by atomic mass is 10.00. The molecule has 1 atom stereocenters. The van der Waals surface area contributed by atoms with Gasteiger partial charge in [-0.15, -0.1) is 0 Å². The topological polar surface area (TPSA) is 26.3 Å². The van der Waals surface area contributed by atoms with Crippen LogP contribution in [-0.2, 0) is 16.1 Å². The van der Waals surface area contributed by atoms with Crippen LogP contribution in [-0.4, -0.2) is 12.9 Å². The quantitative estimate of drug-likeness (QED) is 0.644. The third-order valence-electron chi connectivity index (χ3n) is 2.75. The molecule has 0 aliphatic heterocycles. The molecule has 0 saturated carbocycles. The van der Waals surface area contributed by atoms with Gasteiger partial charge in [0, 0.05) is 5.92 Å². The molecular weight excluding hydrogens is 212 g/mol. The number of rotatable bonds is 8. The number of benzene rings is 1. The molecule has 0 radical (unpaired) electrons. The molecule has 2 nitrogen and oxygen atoms in total. The Hall–Kier alpha value is -1.15. The van der Waals surface area contributed by atoms with Gasteiger partial charge in [0.15, 0.2) is 0 Å². The summed E-state index contributed by atoms with van der Waals surface area (Å²) >= 11 is 0. The Labute approximate surface area is 104 Å². The van der Waals surface area contributed by atoms with Crippen molar-refractivity contribution in [3.05, 3.63) is 35.9 Å². The highest BCUT2D eigenvalue weighted by Crippen LogP contribution is 2.11. The van der Waals surface area contributed by atoms with Crippen molar-refractivity contribution in [1.29, 1.82) is 0 Å². The summed E-state index contributed by atoms with van der Waals surface area (Å²) in [6, 6.07) is 10.0. The monoisotopic (exact) mass is 234 g/mol. The van der Waals surface area contributed by atoms with Gasteiger partial charge in [0.2, 0.25) is 0 Å². The molecule has 0 heterocycles. The van der Waals surface area contributed by atoms with E-state index in [-0.39, 0.29) is 5.92 Å². The van der Waals surface area contributed by atoms with Crippen molar-refractivity contribution in [2.24, 2.45) is 11.8 Å². The van der Waals surface area contributed by atoms with Crippen LogP contribution in [0.15, 0.2) is 30.3 Å². The first-order valence-electron chi connectivity index (χ1n) is 6.29. The van der Waals surface area contributed by atoms with E-state index in [1.807, 2.05) is 30.3 Å². The van der Waals surface area contributed by atoms with E-state index in [1.54, 1.807) is 0 Å². The fourth-order valence-electron chi connectivity index (χ4n) is 1.64. The van der Waals surface area contributed by atoms with Crippen LogP contribution >= 0.6 is 0 Å². The average molecular weight is 234 g/mol. The van der Waals surface area contributed by atoms with Crippen LogP contribution < -0.4 is 0 Å². The molecule has 0 aliphatic carbocycles. The van der Waals surface area contributed by atoms with Crippen LogP contribution in [0.4, 0.5) is 0 Å². The first-order chi connectivity index (χ1) is 8.22. The van der Waals surface area contributed by atoms with Crippen molar-refractivity contribution >= 4 is 6.29 Å². The number of carbonyl (C=O) groups excluding carboxylic acids is 1. The van der Waals surface area contributed by atoms with E-state index < -0.39 is 0 Å². The van der Waals surface area contributed by atoms with Crippen LogP contribution in [0.1, 0.15) is 32.3 Å². The second-order valence-electron chi connectivity index (χ2n) is 4.87. The van der Waals surface area contributed by atoms with Crippen molar-refractivity contribution in [1.82, 2.24) is 0 Å². The second kappa shape index (κ2) is 8.02. The molecule has 2 heteroatoms. The van der Waals surface area contributed by atoms with Gasteiger partial charge in [-0.2, -0.15) is 0 Å². The van der Waals surface area contributed by atoms with Gasteiger partial charge in [-0.3, -0.25) is 0 Å². The van der Waals surface area contributed by atoms with E-state index in [0.717, 1.165) is 24.7 Å². The Balaban J connectivity index is 2.21. The highest BCUT2D eigenvalue weighted by molar-refractivity contribution is 5.53. The normalized spacial score (nSPS) is 12.6. The Bertz CT molecular complexity index is 306. The molecular formula is C15H22O2. The van der Waals surface area contributed by atoms with Crippen molar-refractivity contribution < 1.29 is 9.53 Å². The third-order valence-corrected chi connectivity index (χ3v) is 2.75. The standard InChI is InChI=1S/C15H22O2/c1-13(2)8-9-15(10-16)12-17-11-14-6-4-3-5-7-14/h3-7,10,13,15H,8-9,11-12H2,1-2H3. The molecule has 0 spiro atoms. The highest BCUT2D eigenvalue weighted by Gasteiger charge is 2.08. The van der Waals surface area contributed by atoms with E-state index in [0.29, 0.717) is 19.1 Å². The average Bonchev–Trinajstić information content (AvgIpc) is 2.34. The Kier molecular flexibility index (Phi) is 6.56. The minimum atomic E-state index is 0.0427. The van der Waals surface area contributed by atoms with Gasteiger partial charge in [0.1, 0.15) is 6.29 Å². The number of aldehydes is 1. The van der Waals surface area contributed by atoms with E-state index in [4.69, 9.17) is 4.74 Å². The molecule has 0 saturated heterocycles. The fourth-order valence-corrected chi connectivity index (χ4v) is 1.64. The van der Waals surface area contributed by atoms with Crippen LogP contribution in [0.3, 0.4) is 0 Å². The SMILES string of the molecule is CC(C)CCC(C=O)COCc1ccccc1. The van der Waals surface area contributed by atoms with Crippen molar-refractivity contribution in [2.75, 3.05) is 6.61 Å². The van der Waals surface area contributed by atoms with Crippen LogP contribution in [0.5, 0.6) is 0 Å². The summed E-state index contributed by atoms with van der Waals surface area (Å²) in [4.78, 5) is 10.9. The summed E-state index contributed by atoms with van der Waals surface area (Å²) in [5.41, 5.74) is 1.15. The molecule has 1 unspecified atom stereocenters. The first-order valence-corrected chi connectivity index (χ1v) is 6.29. The van der Waals surface area contributed by atoms with Gasteiger partial charge in [-0.25, -0.2) is 0 Å². The zero-order valence-electron chi connectivity index (χ0n) is 10.8. The molecule has 1 aromatic rings. The van der Waals surface area contributed by atoms with Gasteiger partial charge in [-0.05, 0) is 17.9 Å². The van der Waals surface area contributed by atoms with E-state index in [9.17, 15) is 4.79 Å². The van der Waals surface area contributed by atoms with Crippen LogP contribution in [0.25, 0.3) is 0 Å². The van der Waals surface area contributed by atoms with E-state index in [1.165, 1.54) is 0 Å². The van der Waals surface area contributed by atoms with E-state index in [2.05, 4.69) is 13.8 Å². The van der Waals surface area contributed by atoms with Gasteiger partial charge in [-0.1, -0.05) is 50.6 Å². The Morgan fingerprint density at radius 2 is 1.88 bits per heavy atom. The zero-order chi connectivity index (χ0) is 12.5. The summed E-state index contributed by atoms with van der Waals surface area (Å²) < 4.78 is 5.57. The highest BCUT2D eigenvalue weighted by atomic mass is 16.5. The largest absolute Gasteiger partial charge is 0.376 e. The minimum Gasteiger partial charge on any atom is -0.376 e. The fraction of sp³-hybridized carbons (Fsp3) is 0.533. The van der Waals surface area contributed by atoms with Crippen LogP contribution in [0.2, 0.25) is 0 Å². The Morgan fingerprint density at radius 1 is 1.18 bits per heavy atom.